The van der Waals surface area contributed by atoms with E-state index in [2.05, 4.69) is 78.7 Å². The third kappa shape index (κ3) is 6.23. The van der Waals surface area contributed by atoms with E-state index in [4.69, 9.17) is 0 Å². The quantitative estimate of drug-likeness (QED) is 0.172. The molecule has 3 heterocycles. The van der Waals surface area contributed by atoms with Crippen LogP contribution in [-0.4, -0.2) is 30.3 Å². The molecular weight excluding hydrogens is 549 g/mol. The molecule has 1 aliphatic heterocycles. The largest absolute Gasteiger partial charge is 0.363 e. The minimum Gasteiger partial charge on any atom is -0.363 e. The monoisotopic (exact) mass is 578 g/mol. The molecule has 6 rings (SSSR count). The number of rotatable bonds is 8. The fourth-order valence-corrected chi connectivity index (χ4v) is 6.38. The second-order valence-corrected chi connectivity index (χ2v) is 12.0. The molecule has 0 radical (unpaired) electrons. The number of hydrogen-bond donors (Lipinski definition) is 0. The molecule has 2 aromatic heterocycles. The van der Waals surface area contributed by atoms with Crippen LogP contribution in [0.1, 0.15) is 24.0 Å². The smallest absolute Gasteiger partial charge is 0.252 e. The van der Waals surface area contributed by atoms with Crippen molar-refractivity contribution in [2.45, 2.75) is 26.7 Å². The number of benzene rings is 3. The first-order chi connectivity index (χ1) is 20.0. The van der Waals surface area contributed by atoms with Crippen LogP contribution >= 0.6 is 22.7 Å². The number of nitrogens with zero attached hydrogens (tertiary/aromatic N) is 8. The molecule has 0 unspecified atom stereocenters. The predicted octanol–water partition coefficient (Wildman–Crippen LogP) is 10.1. The maximum Gasteiger partial charge on any atom is 0.252 e. The minimum atomic E-state index is 0.516. The van der Waals surface area contributed by atoms with E-state index in [1.165, 1.54) is 34.2 Å². The van der Waals surface area contributed by atoms with Gasteiger partial charge in [-0.15, -0.1) is 31.8 Å². The topological polar surface area (TPSA) is 81.7 Å². The van der Waals surface area contributed by atoms with Gasteiger partial charge in [0.1, 0.15) is 5.01 Å². The summed E-state index contributed by atoms with van der Waals surface area (Å²) in [5.41, 5.74) is 6.54. The average Bonchev–Trinajstić information content (AvgIpc) is 3.78. The van der Waals surface area contributed by atoms with Crippen molar-refractivity contribution in [2.75, 3.05) is 29.9 Å². The summed E-state index contributed by atoms with van der Waals surface area (Å²) in [6.45, 7) is 6.38. The summed E-state index contributed by atoms with van der Waals surface area (Å²) >= 11 is 3.25. The zero-order valence-corrected chi connectivity index (χ0v) is 24.9. The Labute approximate surface area is 247 Å². The maximum absolute atomic E-state index is 4.53. The molecule has 0 amide bonds. The van der Waals surface area contributed by atoms with Crippen LogP contribution in [0.25, 0.3) is 10.6 Å². The molecule has 1 saturated heterocycles. The lowest BCUT2D eigenvalue weighted by molar-refractivity contribution is 0.949. The Morgan fingerprint density at radius 1 is 0.732 bits per heavy atom. The lowest BCUT2D eigenvalue weighted by Crippen LogP contribution is -2.15. The zero-order valence-electron chi connectivity index (χ0n) is 23.2. The SMILES string of the molecule is Cc1cc(N(C)c2ccc(N3CCCC3)s2)ccc1/N=N/c1ccc(/N=N/c2nnc(-c3ccccc3)s2)c(C)c1. The Bertz CT molecular complexity index is 1700. The molecular formula is C31H30N8S2. The third-order valence-electron chi connectivity index (χ3n) is 7.03. The molecule has 0 spiro atoms. The Balaban J connectivity index is 1.11. The summed E-state index contributed by atoms with van der Waals surface area (Å²) in [6.07, 6.45) is 2.57. The van der Waals surface area contributed by atoms with Crippen molar-refractivity contribution in [2.24, 2.45) is 20.5 Å². The average molecular weight is 579 g/mol. The van der Waals surface area contributed by atoms with Crippen LogP contribution in [0.2, 0.25) is 0 Å². The van der Waals surface area contributed by atoms with Gasteiger partial charge in [0.2, 0.25) is 0 Å². The first kappa shape index (κ1) is 26.9. The highest BCUT2D eigenvalue weighted by molar-refractivity contribution is 7.20. The van der Waals surface area contributed by atoms with Crippen molar-refractivity contribution in [3.63, 3.8) is 0 Å². The Hall–Kier alpha value is -4.28. The molecule has 10 heteroatoms. The van der Waals surface area contributed by atoms with Gasteiger partial charge in [-0.25, -0.2) is 0 Å². The van der Waals surface area contributed by atoms with Crippen LogP contribution in [0.15, 0.2) is 99.3 Å². The number of azo groups is 2. The van der Waals surface area contributed by atoms with Crippen molar-refractivity contribution < 1.29 is 0 Å². The van der Waals surface area contributed by atoms with Crippen molar-refractivity contribution in [3.8, 4) is 10.6 Å². The maximum atomic E-state index is 4.53. The van der Waals surface area contributed by atoms with Gasteiger partial charge in [-0.1, -0.05) is 41.7 Å². The van der Waals surface area contributed by atoms with Gasteiger partial charge in [-0.05, 0) is 86.3 Å². The van der Waals surface area contributed by atoms with Crippen LogP contribution in [0, 0.1) is 13.8 Å². The Kier molecular flexibility index (Phi) is 7.93. The summed E-state index contributed by atoms with van der Waals surface area (Å²) < 4.78 is 0. The highest BCUT2D eigenvalue weighted by atomic mass is 32.1. The lowest BCUT2D eigenvalue weighted by Gasteiger charge is -2.19. The number of thiophene rings is 1. The Morgan fingerprint density at radius 3 is 2.22 bits per heavy atom. The van der Waals surface area contributed by atoms with Gasteiger partial charge in [0.15, 0.2) is 0 Å². The van der Waals surface area contributed by atoms with Gasteiger partial charge in [0.25, 0.3) is 5.13 Å². The predicted molar refractivity (Wildman–Crippen MR) is 170 cm³/mol. The molecule has 0 atom stereocenters. The van der Waals surface area contributed by atoms with E-state index in [-0.39, 0.29) is 0 Å². The molecule has 8 nitrogen and oxygen atoms in total. The summed E-state index contributed by atoms with van der Waals surface area (Å²) in [5, 5.41) is 30.0. The highest BCUT2D eigenvalue weighted by Crippen LogP contribution is 2.38. The summed E-state index contributed by atoms with van der Waals surface area (Å²) in [6, 6.07) is 26.4. The summed E-state index contributed by atoms with van der Waals surface area (Å²) in [7, 11) is 2.12. The van der Waals surface area contributed by atoms with Crippen molar-refractivity contribution in [1.82, 2.24) is 10.2 Å². The van der Waals surface area contributed by atoms with Crippen molar-refractivity contribution in [1.29, 1.82) is 0 Å². The normalized spacial score (nSPS) is 13.6. The fraction of sp³-hybridized carbons (Fsp3) is 0.226. The van der Waals surface area contributed by atoms with Crippen molar-refractivity contribution in [3.05, 3.63) is 90.0 Å². The molecule has 0 aliphatic carbocycles. The van der Waals surface area contributed by atoms with Crippen LogP contribution in [0.3, 0.4) is 0 Å². The zero-order chi connectivity index (χ0) is 28.2. The molecule has 1 aliphatic rings. The van der Waals surface area contributed by atoms with Gasteiger partial charge in [-0.2, -0.15) is 10.2 Å². The van der Waals surface area contributed by atoms with E-state index in [1.807, 2.05) is 72.9 Å². The summed E-state index contributed by atoms with van der Waals surface area (Å²) in [5.74, 6) is 0. The van der Waals surface area contributed by atoms with E-state index in [1.54, 1.807) is 0 Å². The van der Waals surface area contributed by atoms with E-state index in [0.717, 1.165) is 57.5 Å². The number of anilines is 3. The molecule has 0 N–H and O–H groups in total. The number of aryl methyl sites for hydroxylation is 2. The second kappa shape index (κ2) is 12.1. The van der Waals surface area contributed by atoms with Crippen LogP contribution in [0.4, 0.5) is 37.9 Å². The van der Waals surface area contributed by atoms with Crippen molar-refractivity contribution >= 4 is 60.6 Å². The van der Waals surface area contributed by atoms with E-state index < -0.39 is 0 Å². The molecule has 0 bridgehead atoms. The van der Waals surface area contributed by atoms with E-state index >= 15 is 0 Å². The van der Waals surface area contributed by atoms with Crippen LogP contribution in [0.5, 0.6) is 0 Å². The van der Waals surface area contributed by atoms with Gasteiger partial charge >= 0.3 is 0 Å². The molecule has 0 saturated carbocycles. The van der Waals surface area contributed by atoms with E-state index in [0.29, 0.717) is 5.13 Å². The second-order valence-electron chi connectivity index (χ2n) is 9.96. The first-order valence-corrected chi connectivity index (χ1v) is 15.2. The van der Waals surface area contributed by atoms with Gasteiger partial charge in [-0.3, -0.25) is 0 Å². The Morgan fingerprint density at radius 2 is 1.46 bits per heavy atom. The lowest BCUT2D eigenvalue weighted by atomic mass is 10.1. The van der Waals surface area contributed by atoms with Crippen LogP contribution < -0.4 is 9.80 Å². The fourth-order valence-electron chi connectivity index (χ4n) is 4.67. The van der Waals surface area contributed by atoms with Crippen LogP contribution in [-0.2, 0) is 0 Å². The summed E-state index contributed by atoms with van der Waals surface area (Å²) in [4.78, 5) is 4.72. The van der Waals surface area contributed by atoms with Gasteiger partial charge in [0, 0.05) is 31.4 Å². The molecule has 206 valence electrons. The molecule has 41 heavy (non-hydrogen) atoms. The van der Waals surface area contributed by atoms with E-state index in [9.17, 15) is 0 Å². The highest BCUT2D eigenvalue weighted by Gasteiger charge is 2.16. The van der Waals surface area contributed by atoms with Gasteiger partial charge < -0.3 is 9.80 Å². The molecule has 1 fully saturated rings. The standard InChI is InChI=1S/C31H30N8S2/c1-21-19-24(11-13-26(21)34-36-31-37-35-30(41-31)23-9-5-4-6-10-23)32-33-27-14-12-25(20-22(27)2)38(3)28-15-16-29(40-28)39-17-7-8-18-39/h4-6,9-16,19-20H,7-8,17-18H2,1-3H3/b33-32+,36-34+. The molecule has 3 aromatic carbocycles. The number of hydrogen-bond acceptors (Lipinski definition) is 10. The van der Waals surface area contributed by atoms with Gasteiger partial charge in [0.05, 0.1) is 27.1 Å². The molecule has 5 aromatic rings. The third-order valence-corrected chi connectivity index (χ3v) is 9.10. The number of aromatic nitrogens is 2. The first-order valence-electron chi connectivity index (χ1n) is 13.6. The minimum absolute atomic E-state index is 0.516.